The second-order valence-corrected chi connectivity index (χ2v) is 8.84. The fourth-order valence-electron chi connectivity index (χ4n) is 3.31. The molecule has 31 heavy (non-hydrogen) atoms. The Bertz CT molecular complexity index is 947. The zero-order chi connectivity index (χ0) is 23.6. The molecule has 2 amide bonds. The summed E-state index contributed by atoms with van der Waals surface area (Å²) in [5.74, 6) is -1.34. The molecule has 0 saturated carbocycles. The van der Waals surface area contributed by atoms with Crippen molar-refractivity contribution in [1.29, 1.82) is 0 Å². The van der Waals surface area contributed by atoms with Crippen molar-refractivity contribution in [2.24, 2.45) is 5.41 Å². The molecule has 0 unspecified atom stereocenters. The summed E-state index contributed by atoms with van der Waals surface area (Å²) in [6, 6.07) is 7.03. The standard InChI is InChI=1S/C21H26ClF3N4O2/c1-20(2,3)12-28(5)19(31)18-15(13-6-8-14(22)9-7-13)10-16(21(23,24)25)29(18)11-17(30)27-26-4/h6-10,26H,11-12H2,1-5H3,(H,27,30). The summed E-state index contributed by atoms with van der Waals surface area (Å²) in [6.07, 6.45) is -4.78. The molecule has 1 aromatic carbocycles. The van der Waals surface area contributed by atoms with Crippen LogP contribution in [0.2, 0.25) is 5.02 Å². The van der Waals surface area contributed by atoms with Crippen molar-refractivity contribution in [3.8, 4) is 11.1 Å². The molecule has 2 rings (SSSR count). The minimum atomic E-state index is -4.78. The molecule has 6 nitrogen and oxygen atoms in total. The van der Waals surface area contributed by atoms with Gasteiger partial charge >= 0.3 is 6.18 Å². The molecule has 170 valence electrons. The van der Waals surface area contributed by atoms with Crippen molar-refractivity contribution in [3.63, 3.8) is 0 Å². The first-order valence-corrected chi connectivity index (χ1v) is 9.90. The van der Waals surface area contributed by atoms with Crippen LogP contribution in [-0.2, 0) is 17.5 Å². The summed E-state index contributed by atoms with van der Waals surface area (Å²) in [5, 5.41) is 0.408. The number of halogens is 4. The first-order valence-electron chi connectivity index (χ1n) is 9.52. The summed E-state index contributed by atoms with van der Waals surface area (Å²) >= 11 is 5.92. The zero-order valence-corrected chi connectivity index (χ0v) is 18.8. The maximum Gasteiger partial charge on any atom is 0.431 e. The number of nitrogens with zero attached hydrogens (tertiary/aromatic N) is 2. The van der Waals surface area contributed by atoms with Crippen LogP contribution in [0.25, 0.3) is 11.1 Å². The highest BCUT2D eigenvalue weighted by atomic mass is 35.5. The van der Waals surface area contributed by atoms with Gasteiger partial charge in [-0.3, -0.25) is 15.0 Å². The van der Waals surface area contributed by atoms with Gasteiger partial charge in [0.25, 0.3) is 11.8 Å². The second-order valence-electron chi connectivity index (χ2n) is 8.40. The van der Waals surface area contributed by atoms with Crippen LogP contribution in [0.3, 0.4) is 0 Å². The predicted octanol–water partition coefficient (Wildman–Crippen LogP) is 4.20. The maximum atomic E-state index is 13.9. The molecule has 0 fully saturated rings. The highest BCUT2D eigenvalue weighted by Gasteiger charge is 2.39. The van der Waals surface area contributed by atoms with Gasteiger partial charge in [-0.05, 0) is 29.2 Å². The normalized spacial score (nSPS) is 12.0. The monoisotopic (exact) mass is 458 g/mol. The molecule has 0 aliphatic carbocycles. The summed E-state index contributed by atoms with van der Waals surface area (Å²) in [4.78, 5) is 26.9. The van der Waals surface area contributed by atoms with Crippen molar-refractivity contribution < 1.29 is 22.8 Å². The van der Waals surface area contributed by atoms with Gasteiger partial charge in [0.2, 0.25) is 0 Å². The number of nitrogens with one attached hydrogen (secondary N) is 2. The number of carbonyl (C=O) groups excluding carboxylic acids is 2. The van der Waals surface area contributed by atoms with E-state index in [-0.39, 0.29) is 16.7 Å². The van der Waals surface area contributed by atoms with Crippen LogP contribution in [0.5, 0.6) is 0 Å². The van der Waals surface area contributed by atoms with E-state index in [9.17, 15) is 22.8 Å². The lowest BCUT2D eigenvalue weighted by Gasteiger charge is -2.27. The van der Waals surface area contributed by atoms with Crippen LogP contribution in [0.15, 0.2) is 30.3 Å². The summed E-state index contributed by atoms with van der Waals surface area (Å²) in [5.41, 5.74) is 3.51. The molecule has 2 N–H and O–H groups in total. The van der Waals surface area contributed by atoms with Gasteiger partial charge in [0.05, 0.1) is 0 Å². The number of hydrogen-bond acceptors (Lipinski definition) is 3. The van der Waals surface area contributed by atoms with E-state index in [1.807, 2.05) is 20.8 Å². The molecule has 2 aromatic rings. The van der Waals surface area contributed by atoms with Crippen molar-refractivity contribution in [3.05, 3.63) is 46.7 Å². The molecule has 0 spiro atoms. The molecule has 10 heteroatoms. The smallest absolute Gasteiger partial charge is 0.340 e. The quantitative estimate of drug-likeness (QED) is 0.638. The van der Waals surface area contributed by atoms with Crippen molar-refractivity contribution in [2.75, 3.05) is 20.6 Å². The predicted molar refractivity (Wildman–Crippen MR) is 113 cm³/mol. The Labute approximate surface area is 184 Å². The third kappa shape index (κ3) is 6.24. The largest absolute Gasteiger partial charge is 0.431 e. The Morgan fingerprint density at radius 2 is 1.71 bits per heavy atom. The van der Waals surface area contributed by atoms with Gasteiger partial charge in [-0.15, -0.1) is 0 Å². The van der Waals surface area contributed by atoms with Crippen LogP contribution >= 0.6 is 11.6 Å². The Kier molecular flexibility index (Phi) is 7.44. The number of benzene rings is 1. The number of hydrogen-bond donors (Lipinski definition) is 2. The fourth-order valence-corrected chi connectivity index (χ4v) is 3.44. The highest BCUT2D eigenvalue weighted by molar-refractivity contribution is 6.30. The first kappa shape index (κ1) is 24.7. The van der Waals surface area contributed by atoms with E-state index in [0.29, 0.717) is 17.1 Å². The lowest BCUT2D eigenvalue weighted by molar-refractivity contribution is -0.144. The second kappa shape index (κ2) is 9.32. The van der Waals surface area contributed by atoms with E-state index in [2.05, 4.69) is 10.9 Å². The van der Waals surface area contributed by atoms with Crippen LogP contribution in [-0.4, -0.2) is 41.9 Å². The van der Waals surface area contributed by atoms with Crippen molar-refractivity contribution in [1.82, 2.24) is 20.3 Å². The minimum Gasteiger partial charge on any atom is -0.340 e. The van der Waals surface area contributed by atoms with Crippen molar-refractivity contribution in [2.45, 2.75) is 33.5 Å². The number of aromatic nitrogens is 1. The molecule has 0 bridgehead atoms. The van der Waals surface area contributed by atoms with Crippen molar-refractivity contribution >= 4 is 23.4 Å². The number of alkyl halides is 3. The van der Waals surface area contributed by atoms with E-state index in [1.165, 1.54) is 43.3 Å². The Morgan fingerprint density at radius 1 is 1.13 bits per heavy atom. The van der Waals surface area contributed by atoms with Crippen LogP contribution < -0.4 is 10.9 Å². The third-order valence-electron chi connectivity index (χ3n) is 4.37. The topological polar surface area (TPSA) is 66.4 Å². The molecule has 0 saturated heterocycles. The SMILES string of the molecule is CNNC(=O)Cn1c(C(F)(F)F)cc(-c2ccc(Cl)cc2)c1C(=O)N(C)CC(C)(C)C. The van der Waals surface area contributed by atoms with E-state index in [4.69, 9.17) is 11.6 Å². The molecular weight excluding hydrogens is 433 g/mol. The lowest BCUT2D eigenvalue weighted by Crippen LogP contribution is -2.39. The molecule has 0 atom stereocenters. The molecule has 0 aliphatic rings. The van der Waals surface area contributed by atoms with Crippen LogP contribution in [0, 0.1) is 5.41 Å². The van der Waals surface area contributed by atoms with E-state index in [0.717, 1.165) is 10.6 Å². The lowest BCUT2D eigenvalue weighted by atomic mass is 9.96. The summed E-state index contributed by atoms with van der Waals surface area (Å²) < 4.78 is 42.4. The van der Waals surface area contributed by atoms with Crippen LogP contribution in [0.4, 0.5) is 13.2 Å². The number of amides is 2. The Hall–Kier alpha value is -2.52. The molecule has 1 aromatic heterocycles. The molecular formula is C21H26ClF3N4O2. The molecule has 0 radical (unpaired) electrons. The fraction of sp³-hybridized carbons (Fsp3) is 0.429. The molecule has 0 aliphatic heterocycles. The van der Waals surface area contributed by atoms with Gasteiger partial charge < -0.3 is 9.47 Å². The van der Waals surface area contributed by atoms with Gasteiger partial charge in [0.15, 0.2) is 0 Å². The summed E-state index contributed by atoms with van der Waals surface area (Å²) in [6.45, 7) is 5.36. The Morgan fingerprint density at radius 3 is 2.19 bits per heavy atom. The number of hydrazine groups is 1. The van der Waals surface area contributed by atoms with E-state index < -0.39 is 30.2 Å². The highest BCUT2D eigenvalue weighted by Crippen LogP contribution is 2.38. The average Bonchev–Trinajstić information content (AvgIpc) is 2.99. The van der Waals surface area contributed by atoms with Gasteiger partial charge in [-0.1, -0.05) is 44.5 Å². The van der Waals surface area contributed by atoms with Gasteiger partial charge in [-0.25, -0.2) is 5.43 Å². The minimum absolute atomic E-state index is 0.0759. The third-order valence-corrected chi connectivity index (χ3v) is 4.62. The van der Waals surface area contributed by atoms with Gasteiger partial charge in [-0.2, -0.15) is 13.2 Å². The first-order chi connectivity index (χ1) is 14.2. The van der Waals surface area contributed by atoms with Crippen LogP contribution in [0.1, 0.15) is 37.0 Å². The number of rotatable bonds is 6. The number of carbonyl (C=O) groups is 2. The summed E-state index contributed by atoms with van der Waals surface area (Å²) in [7, 11) is 2.94. The van der Waals surface area contributed by atoms with Gasteiger partial charge in [0.1, 0.15) is 17.9 Å². The maximum absolute atomic E-state index is 13.9. The van der Waals surface area contributed by atoms with Gasteiger partial charge in [0, 0.05) is 31.2 Å². The zero-order valence-electron chi connectivity index (χ0n) is 18.0. The van der Waals surface area contributed by atoms with E-state index >= 15 is 0 Å². The average molecular weight is 459 g/mol. The molecule has 1 heterocycles. The van der Waals surface area contributed by atoms with E-state index in [1.54, 1.807) is 0 Å². The Balaban J connectivity index is 2.74.